The molecule has 0 saturated carbocycles. The summed E-state index contributed by atoms with van der Waals surface area (Å²) in [7, 11) is 1.64. The lowest BCUT2D eigenvalue weighted by Crippen LogP contribution is -2.30. The smallest absolute Gasteiger partial charge is 0.265 e. The zero-order valence-corrected chi connectivity index (χ0v) is 16.5. The van der Waals surface area contributed by atoms with E-state index in [-0.39, 0.29) is 5.91 Å². The molecule has 5 heteroatoms. The van der Waals surface area contributed by atoms with Crippen molar-refractivity contribution >= 4 is 38.3 Å². The van der Waals surface area contributed by atoms with Crippen LogP contribution in [0.25, 0.3) is 10.8 Å². The van der Waals surface area contributed by atoms with Crippen molar-refractivity contribution < 1.29 is 14.3 Å². The van der Waals surface area contributed by atoms with Gasteiger partial charge in [0, 0.05) is 4.47 Å². The van der Waals surface area contributed by atoms with E-state index in [1.807, 2.05) is 61.5 Å². The van der Waals surface area contributed by atoms with Gasteiger partial charge in [-0.3, -0.25) is 4.79 Å². The van der Waals surface area contributed by atoms with Gasteiger partial charge < -0.3 is 14.8 Å². The number of methoxy groups -OCH3 is 1. The molecule has 0 fully saturated rings. The molecule has 0 aliphatic heterocycles. The van der Waals surface area contributed by atoms with Crippen molar-refractivity contribution in [2.45, 2.75) is 20.0 Å². The van der Waals surface area contributed by atoms with E-state index in [1.54, 1.807) is 14.0 Å². The lowest BCUT2D eigenvalue weighted by atomic mass is 10.1. The Morgan fingerprint density at radius 1 is 1.00 bits per heavy atom. The molecule has 26 heavy (non-hydrogen) atoms. The van der Waals surface area contributed by atoms with Crippen LogP contribution < -0.4 is 14.8 Å². The molecule has 0 bridgehead atoms. The van der Waals surface area contributed by atoms with Gasteiger partial charge in [-0.2, -0.15) is 0 Å². The molecule has 4 nitrogen and oxygen atoms in total. The molecular formula is C21H20BrNO3. The highest BCUT2D eigenvalue weighted by atomic mass is 79.9. The van der Waals surface area contributed by atoms with Gasteiger partial charge in [0.2, 0.25) is 0 Å². The van der Waals surface area contributed by atoms with Gasteiger partial charge >= 0.3 is 0 Å². The van der Waals surface area contributed by atoms with E-state index < -0.39 is 6.10 Å². The largest absolute Gasteiger partial charge is 0.497 e. The third kappa shape index (κ3) is 4.17. The Balaban J connectivity index is 1.73. The molecule has 0 aliphatic rings. The van der Waals surface area contributed by atoms with Crippen LogP contribution in [0.1, 0.15) is 12.5 Å². The van der Waals surface area contributed by atoms with Crippen LogP contribution in [0.3, 0.4) is 0 Å². The summed E-state index contributed by atoms with van der Waals surface area (Å²) >= 11 is 3.46. The van der Waals surface area contributed by atoms with Crippen molar-refractivity contribution in [3.05, 3.63) is 64.6 Å². The molecule has 1 amide bonds. The Bertz CT molecular complexity index is 955. The Kier molecular flexibility index (Phi) is 5.47. The normalized spacial score (nSPS) is 11.8. The van der Waals surface area contributed by atoms with Gasteiger partial charge in [0.05, 0.1) is 12.8 Å². The highest BCUT2D eigenvalue weighted by molar-refractivity contribution is 9.10. The standard InChI is InChI=1S/C21H20BrNO3/c1-13-4-9-20(19(22)10-13)23-21(24)14(2)26-18-8-6-15-5-7-17(25-3)11-16(15)12-18/h4-12,14H,1-3H3,(H,23,24)/t14-/m1/s1. The summed E-state index contributed by atoms with van der Waals surface area (Å²) in [4.78, 5) is 12.4. The lowest BCUT2D eigenvalue weighted by Gasteiger charge is -2.16. The summed E-state index contributed by atoms with van der Waals surface area (Å²) < 4.78 is 11.9. The maximum atomic E-state index is 12.4. The fourth-order valence-corrected chi connectivity index (χ4v) is 3.21. The molecule has 0 heterocycles. The first kappa shape index (κ1) is 18.3. The summed E-state index contributed by atoms with van der Waals surface area (Å²) in [5.41, 5.74) is 1.84. The number of hydrogen-bond donors (Lipinski definition) is 1. The number of rotatable bonds is 5. The number of ether oxygens (including phenoxy) is 2. The maximum absolute atomic E-state index is 12.4. The van der Waals surface area contributed by atoms with Gasteiger partial charge in [0.25, 0.3) is 5.91 Å². The second-order valence-corrected chi connectivity index (χ2v) is 6.96. The van der Waals surface area contributed by atoms with Gasteiger partial charge in [0.1, 0.15) is 11.5 Å². The third-order valence-corrected chi connectivity index (χ3v) is 4.74. The van der Waals surface area contributed by atoms with Crippen LogP contribution >= 0.6 is 15.9 Å². The van der Waals surface area contributed by atoms with Gasteiger partial charge in [-0.15, -0.1) is 0 Å². The Morgan fingerprint density at radius 2 is 1.69 bits per heavy atom. The van der Waals surface area contributed by atoms with E-state index in [0.717, 1.165) is 32.2 Å². The molecule has 134 valence electrons. The van der Waals surface area contributed by atoms with Gasteiger partial charge in [0.15, 0.2) is 6.10 Å². The fraction of sp³-hybridized carbons (Fsp3) is 0.190. The molecule has 0 unspecified atom stereocenters. The predicted octanol–water partition coefficient (Wildman–Crippen LogP) is 5.33. The van der Waals surface area contributed by atoms with Crippen LogP contribution in [0, 0.1) is 6.92 Å². The van der Waals surface area contributed by atoms with Crippen LogP contribution in [-0.4, -0.2) is 19.1 Å². The molecular weight excluding hydrogens is 394 g/mol. The first-order valence-corrected chi connectivity index (χ1v) is 9.07. The average Bonchev–Trinajstić information content (AvgIpc) is 2.63. The van der Waals surface area contributed by atoms with Crippen LogP contribution in [0.5, 0.6) is 11.5 Å². The number of carbonyl (C=O) groups is 1. The summed E-state index contributed by atoms with van der Waals surface area (Å²) in [6.45, 7) is 3.73. The molecule has 0 saturated heterocycles. The number of aryl methyl sites for hydroxylation is 1. The Hall–Kier alpha value is -2.53. The Morgan fingerprint density at radius 3 is 2.38 bits per heavy atom. The van der Waals surface area contributed by atoms with Crippen molar-refractivity contribution in [3.8, 4) is 11.5 Å². The molecule has 3 aromatic carbocycles. The monoisotopic (exact) mass is 413 g/mol. The van der Waals surface area contributed by atoms with E-state index >= 15 is 0 Å². The number of amides is 1. The van der Waals surface area contributed by atoms with Crippen molar-refractivity contribution in [1.29, 1.82) is 0 Å². The number of nitrogens with one attached hydrogen (secondary N) is 1. The topological polar surface area (TPSA) is 47.6 Å². The lowest BCUT2D eigenvalue weighted by molar-refractivity contribution is -0.122. The number of benzene rings is 3. The van der Waals surface area contributed by atoms with E-state index in [9.17, 15) is 4.79 Å². The number of anilines is 1. The molecule has 1 N–H and O–H groups in total. The third-order valence-electron chi connectivity index (χ3n) is 4.08. The van der Waals surface area contributed by atoms with Crippen LogP contribution in [0.2, 0.25) is 0 Å². The highest BCUT2D eigenvalue weighted by Crippen LogP contribution is 2.26. The zero-order valence-electron chi connectivity index (χ0n) is 14.9. The molecule has 0 aliphatic carbocycles. The van der Waals surface area contributed by atoms with Crippen molar-refractivity contribution in [1.82, 2.24) is 0 Å². The minimum Gasteiger partial charge on any atom is -0.497 e. The molecule has 3 aromatic rings. The summed E-state index contributed by atoms with van der Waals surface area (Å²) in [6.07, 6.45) is -0.633. The van der Waals surface area contributed by atoms with Gasteiger partial charge in [-0.1, -0.05) is 18.2 Å². The van der Waals surface area contributed by atoms with Gasteiger partial charge in [-0.05, 0) is 82.5 Å². The molecule has 3 rings (SSSR count). The van der Waals surface area contributed by atoms with E-state index in [4.69, 9.17) is 9.47 Å². The minimum atomic E-state index is -0.633. The summed E-state index contributed by atoms with van der Waals surface area (Å²) in [5.74, 6) is 1.21. The van der Waals surface area contributed by atoms with Crippen molar-refractivity contribution in [3.63, 3.8) is 0 Å². The van der Waals surface area contributed by atoms with E-state index in [2.05, 4.69) is 21.2 Å². The zero-order chi connectivity index (χ0) is 18.7. The predicted molar refractivity (Wildman–Crippen MR) is 108 cm³/mol. The average molecular weight is 414 g/mol. The van der Waals surface area contributed by atoms with E-state index in [1.165, 1.54) is 0 Å². The number of fused-ring (bicyclic) bond motifs is 1. The number of halogens is 1. The summed E-state index contributed by atoms with van der Waals surface area (Å²) in [5, 5.41) is 4.96. The van der Waals surface area contributed by atoms with Crippen LogP contribution in [0.4, 0.5) is 5.69 Å². The number of hydrogen-bond acceptors (Lipinski definition) is 3. The second-order valence-electron chi connectivity index (χ2n) is 6.11. The fourth-order valence-electron chi connectivity index (χ4n) is 2.62. The van der Waals surface area contributed by atoms with E-state index in [0.29, 0.717) is 5.75 Å². The number of carbonyl (C=O) groups excluding carboxylic acids is 1. The second kappa shape index (κ2) is 7.79. The first-order chi connectivity index (χ1) is 12.5. The Labute approximate surface area is 161 Å². The SMILES string of the molecule is COc1ccc2ccc(O[C@H](C)C(=O)Nc3ccc(C)cc3Br)cc2c1. The van der Waals surface area contributed by atoms with Crippen molar-refractivity contribution in [2.75, 3.05) is 12.4 Å². The van der Waals surface area contributed by atoms with Crippen LogP contribution in [-0.2, 0) is 4.79 Å². The molecule has 0 spiro atoms. The molecule has 1 atom stereocenters. The van der Waals surface area contributed by atoms with Crippen molar-refractivity contribution in [2.24, 2.45) is 0 Å². The first-order valence-electron chi connectivity index (χ1n) is 8.28. The maximum Gasteiger partial charge on any atom is 0.265 e. The van der Waals surface area contributed by atoms with Gasteiger partial charge in [-0.25, -0.2) is 0 Å². The molecule has 0 aromatic heterocycles. The van der Waals surface area contributed by atoms with Crippen LogP contribution in [0.15, 0.2) is 59.1 Å². The summed E-state index contributed by atoms with van der Waals surface area (Å²) in [6, 6.07) is 17.3. The molecule has 0 radical (unpaired) electrons. The quantitative estimate of drug-likeness (QED) is 0.614. The highest BCUT2D eigenvalue weighted by Gasteiger charge is 2.16. The minimum absolute atomic E-state index is 0.208.